The van der Waals surface area contributed by atoms with E-state index in [4.69, 9.17) is 4.74 Å². The van der Waals surface area contributed by atoms with E-state index >= 15 is 0 Å². The van der Waals surface area contributed by atoms with E-state index < -0.39 is 0 Å². The van der Waals surface area contributed by atoms with Crippen molar-refractivity contribution in [3.63, 3.8) is 0 Å². The van der Waals surface area contributed by atoms with Gasteiger partial charge in [-0.15, -0.1) is 0 Å². The van der Waals surface area contributed by atoms with Crippen LogP contribution in [0.15, 0.2) is 0 Å². The van der Waals surface area contributed by atoms with Gasteiger partial charge in [0.1, 0.15) is 6.10 Å². The molecule has 0 aliphatic heterocycles. The number of carbonyl (C=O) groups is 1. The second kappa shape index (κ2) is 3.13. The number of nitrogens with one attached hydrogen (secondary N) is 1. The van der Waals surface area contributed by atoms with E-state index in [1.165, 1.54) is 12.8 Å². The number of rotatable bonds is 1. The van der Waals surface area contributed by atoms with Crippen molar-refractivity contribution < 1.29 is 9.53 Å². The highest BCUT2D eigenvalue weighted by Crippen LogP contribution is 2.66. The van der Waals surface area contributed by atoms with Gasteiger partial charge in [-0.2, -0.15) is 0 Å². The second-order valence-electron chi connectivity index (χ2n) is 5.75. The van der Waals surface area contributed by atoms with Gasteiger partial charge in [-0.25, -0.2) is 4.79 Å². The zero-order valence-corrected chi connectivity index (χ0v) is 10.1. The Morgan fingerprint density at radius 2 is 2.07 bits per heavy atom. The minimum Gasteiger partial charge on any atom is -0.446 e. The fourth-order valence-corrected chi connectivity index (χ4v) is 3.50. The van der Waals surface area contributed by atoms with Gasteiger partial charge in [0, 0.05) is 12.5 Å². The van der Waals surface area contributed by atoms with Crippen LogP contribution in [0.4, 0.5) is 4.79 Å². The first-order valence-corrected chi connectivity index (χ1v) is 5.80. The number of hydrogen-bond donors (Lipinski definition) is 1. The number of alkyl carbamates (subject to hydrolysis) is 1. The van der Waals surface area contributed by atoms with Crippen molar-refractivity contribution in [1.82, 2.24) is 5.32 Å². The van der Waals surface area contributed by atoms with Crippen LogP contribution in [-0.4, -0.2) is 19.2 Å². The van der Waals surface area contributed by atoms with E-state index in [0.29, 0.717) is 5.41 Å². The van der Waals surface area contributed by atoms with Crippen LogP contribution in [0.2, 0.25) is 0 Å². The molecule has 3 nitrogen and oxygen atoms in total. The van der Waals surface area contributed by atoms with Gasteiger partial charge < -0.3 is 10.1 Å². The lowest BCUT2D eigenvalue weighted by molar-refractivity contribution is -0.00345. The van der Waals surface area contributed by atoms with Crippen LogP contribution in [0.25, 0.3) is 0 Å². The Kier molecular flexibility index (Phi) is 2.25. The van der Waals surface area contributed by atoms with Gasteiger partial charge in [0.25, 0.3) is 0 Å². The summed E-state index contributed by atoms with van der Waals surface area (Å²) in [5.74, 6) is 0.720. The normalized spacial score (nSPS) is 41.6. The molecule has 2 fully saturated rings. The lowest BCUT2D eigenvalue weighted by Gasteiger charge is -2.38. The smallest absolute Gasteiger partial charge is 0.407 e. The highest BCUT2D eigenvalue weighted by atomic mass is 16.6. The molecule has 2 aliphatic carbocycles. The summed E-state index contributed by atoms with van der Waals surface area (Å²) in [4.78, 5) is 11.3. The molecule has 0 spiro atoms. The van der Waals surface area contributed by atoms with Gasteiger partial charge >= 0.3 is 6.09 Å². The molecule has 0 saturated heterocycles. The Morgan fingerprint density at radius 1 is 1.40 bits per heavy atom. The second-order valence-corrected chi connectivity index (χ2v) is 5.75. The summed E-state index contributed by atoms with van der Waals surface area (Å²) in [6, 6.07) is 0. The quantitative estimate of drug-likeness (QED) is 0.724. The van der Waals surface area contributed by atoms with Crippen molar-refractivity contribution in [3.05, 3.63) is 0 Å². The highest BCUT2D eigenvalue weighted by Gasteiger charge is 2.62. The molecule has 15 heavy (non-hydrogen) atoms. The Bertz CT molecular complexity index is 287. The largest absolute Gasteiger partial charge is 0.446 e. The third-order valence-electron chi connectivity index (χ3n) is 5.17. The van der Waals surface area contributed by atoms with Gasteiger partial charge in [0.05, 0.1) is 0 Å². The number of amides is 1. The minimum absolute atomic E-state index is 0.103. The molecule has 0 aromatic rings. The van der Waals surface area contributed by atoms with Crippen LogP contribution in [0, 0.1) is 16.7 Å². The highest BCUT2D eigenvalue weighted by molar-refractivity contribution is 5.67. The van der Waals surface area contributed by atoms with Crippen LogP contribution >= 0.6 is 0 Å². The molecule has 2 aliphatic rings. The maximum absolute atomic E-state index is 11.3. The first-order chi connectivity index (χ1) is 6.91. The third-order valence-corrected chi connectivity index (χ3v) is 5.17. The van der Waals surface area contributed by atoms with Gasteiger partial charge in [-0.05, 0) is 30.6 Å². The summed E-state index contributed by atoms with van der Waals surface area (Å²) in [7, 11) is 1.61. The molecule has 0 aromatic carbocycles. The number of carbonyl (C=O) groups excluding carboxylic acids is 1. The van der Waals surface area contributed by atoms with E-state index in [1.807, 2.05) is 0 Å². The van der Waals surface area contributed by atoms with Gasteiger partial charge in [0.2, 0.25) is 0 Å². The van der Waals surface area contributed by atoms with Crippen molar-refractivity contribution >= 4 is 6.09 Å². The van der Waals surface area contributed by atoms with E-state index in [9.17, 15) is 4.79 Å². The lowest BCUT2D eigenvalue weighted by Crippen LogP contribution is -2.39. The Labute approximate surface area is 91.6 Å². The average molecular weight is 211 g/mol. The molecule has 3 heteroatoms. The minimum atomic E-state index is -0.287. The molecule has 1 unspecified atom stereocenters. The monoisotopic (exact) mass is 211 g/mol. The molecule has 0 radical (unpaired) electrons. The molecule has 2 bridgehead atoms. The number of fused-ring (bicyclic) bond motifs is 2. The van der Waals surface area contributed by atoms with Crippen LogP contribution in [0.3, 0.4) is 0 Å². The van der Waals surface area contributed by atoms with E-state index in [0.717, 1.165) is 12.3 Å². The molecule has 3 atom stereocenters. The number of hydrogen-bond acceptors (Lipinski definition) is 2. The molecule has 0 heterocycles. The summed E-state index contributed by atoms with van der Waals surface area (Å²) in [5, 5.41) is 2.53. The van der Waals surface area contributed by atoms with Crippen molar-refractivity contribution in [3.8, 4) is 0 Å². The van der Waals surface area contributed by atoms with Gasteiger partial charge in [-0.3, -0.25) is 0 Å². The Balaban J connectivity index is 2.15. The fraction of sp³-hybridized carbons (Fsp3) is 0.917. The summed E-state index contributed by atoms with van der Waals surface area (Å²) < 4.78 is 5.48. The predicted molar refractivity (Wildman–Crippen MR) is 58.6 cm³/mol. The maximum atomic E-state index is 11.3. The molecular formula is C12H21NO2. The fourth-order valence-electron chi connectivity index (χ4n) is 3.50. The molecular weight excluding hydrogens is 190 g/mol. The zero-order chi connectivity index (χ0) is 11.3. The zero-order valence-electron chi connectivity index (χ0n) is 10.1. The maximum Gasteiger partial charge on any atom is 0.407 e. The van der Waals surface area contributed by atoms with Crippen molar-refractivity contribution in [1.29, 1.82) is 0 Å². The SMILES string of the molecule is CNC(=O)OC1C[C@H]2CC[C@@]1(C)C2(C)C. The van der Waals surface area contributed by atoms with Crippen LogP contribution in [-0.2, 0) is 4.74 Å². The van der Waals surface area contributed by atoms with Crippen LogP contribution in [0.1, 0.15) is 40.0 Å². The van der Waals surface area contributed by atoms with Crippen LogP contribution in [0.5, 0.6) is 0 Å². The molecule has 0 aromatic heterocycles. The van der Waals surface area contributed by atoms with Gasteiger partial charge in [0.15, 0.2) is 0 Å². The van der Waals surface area contributed by atoms with Crippen molar-refractivity contribution in [2.75, 3.05) is 7.05 Å². The molecule has 86 valence electrons. The third kappa shape index (κ3) is 1.28. The predicted octanol–water partition coefficient (Wildman–Crippen LogP) is 2.56. The standard InChI is InChI=1S/C12H21NO2/c1-11(2)8-5-6-12(11,3)9(7-8)15-10(14)13-4/h8-9H,5-7H2,1-4H3,(H,13,14)/t8-,9?,12-/m1/s1. The number of ether oxygens (including phenoxy) is 1. The van der Waals surface area contributed by atoms with Crippen molar-refractivity contribution in [2.45, 2.75) is 46.1 Å². The van der Waals surface area contributed by atoms with E-state index in [1.54, 1.807) is 7.05 Å². The Hall–Kier alpha value is -0.730. The topological polar surface area (TPSA) is 38.3 Å². The van der Waals surface area contributed by atoms with Crippen molar-refractivity contribution in [2.24, 2.45) is 16.7 Å². The lowest BCUT2D eigenvalue weighted by atomic mass is 9.70. The molecule has 1 N–H and O–H groups in total. The molecule has 2 saturated carbocycles. The Morgan fingerprint density at radius 3 is 2.47 bits per heavy atom. The summed E-state index contributed by atoms with van der Waals surface area (Å²) in [6.45, 7) is 6.91. The van der Waals surface area contributed by atoms with E-state index in [2.05, 4.69) is 26.1 Å². The first kappa shape index (κ1) is 10.8. The molecule has 2 rings (SSSR count). The van der Waals surface area contributed by atoms with Crippen LogP contribution < -0.4 is 5.32 Å². The molecule has 1 amide bonds. The summed E-state index contributed by atoms with van der Waals surface area (Å²) in [5.41, 5.74) is 0.482. The van der Waals surface area contributed by atoms with E-state index in [-0.39, 0.29) is 17.6 Å². The van der Waals surface area contributed by atoms with Gasteiger partial charge in [-0.1, -0.05) is 20.8 Å². The summed E-state index contributed by atoms with van der Waals surface area (Å²) in [6.07, 6.45) is 3.33. The first-order valence-electron chi connectivity index (χ1n) is 5.80. The summed E-state index contributed by atoms with van der Waals surface area (Å²) >= 11 is 0. The average Bonchev–Trinajstić information content (AvgIpc) is 2.50.